The van der Waals surface area contributed by atoms with E-state index in [2.05, 4.69) is 5.32 Å². The Balaban J connectivity index is 2.04. The first-order valence-corrected chi connectivity index (χ1v) is 9.63. The van der Waals surface area contributed by atoms with E-state index in [-0.39, 0.29) is 28.9 Å². The number of ketones is 1. The number of amides is 1. The van der Waals surface area contributed by atoms with Gasteiger partial charge in [-0.2, -0.15) is 13.2 Å². The van der Waals surface area contributed by atoms with Gasteiger partial charge < -0.3 is 9.88 Å². The van der Waals surface area contributed by atoms with E-state index in [1.807, 2.05) is 13.8 Å². The maximum Gasteiger partial charge on any atom is 0.471 e. The molecule has 2 aromatic rings. The first-order valence-electron chi connectivity index (χ1n) is 9.63. The number of carbonyl (C=O) groups excluding carboxylic acids is 2. The molecule has 2 aliphatic rings. The molecule has 1 aromatic carbocycles. The quantitative estimate of drug-likeness (QED) is 0.730. The van der Waals surface area contributed by atoms with Crippen LogP contribution >= 0.6 is 0 Å². The molecule has 158 valence electrons. The lowest BCUT2D eigenvalue weighted by Crippen LogP contribution is -2.46. The fourth-order valence-electron chi connectivity index (χ4n) is 4.39. The number of Topliss-reactive ketones (excluding diaryl/α,β-unsaturated/α-hetero) is 1. The van der Waals surface area contributed by atoms with Crippen molar-refractivity contribution >= 4 is 23.1 Å². The molecule has 1 aromatic heterocycles. The number of alkyl halides is 3. The summed E-state index contributed by atoms with van der Waals surface area (Å²) in [4.78, 5) is 26.7. The molecule has 30 heavy (non-hydrogen) atoms. The van der Waals surface area contributed by atoms with Crippen LogP contribution in [0.5, 0.6) is 0 Å². The second-order valence-corrected chi connectivity index (χ2v) is 8.59. The molecule has 1 atom stereocenters. The Labute approximate surface area is 172 Å². The monoisotopic (exact) mass is 417 g/mol. The Morgan fingerprint density at radius 2 is 1.83 bits per heavy atom. The lowest BCUT2D eigenvalue weighted by molar-refractivity contribution is -0.170. The second-order valence-electron chi connectivity index (χ2n) is 8.59. The first-order chi connectivity index (χ1) is 14.0. The maximum atomic E-state index is 13.7. The van der Waals surface area contributed by atoms with Gasteiger partial charge in [0.15, 0.2) is 5.78 Å². The minimum absolute atomic E-state index is 0.0889. The number of anilines is 2. The third kappa shape index (κ3) is 3.30. The topological polar surface area (TPSA) is 54.3 Å². The number of rotatable bonds is 1. The van der Waals surface area contributed by atoms with Gasteiger partial charge in [-0.1, -0.05) is 26.0 Å². The van der Waals surface area contributed by atoms with Crippen LogP contribution in [0.25, 0.3) is 0 Å². The highest BCUT2D eigenvalue weighted by atomic mass is 19.4. The van der Waals surface area contributed by atoms with Crippen LogP contribution in [0.1, 0.15) is 38.4 Å². The molecule has 2 heterocycles. The van der Waals surface area contributed by atoms with Crippen LogP contribution in [-0.2, 0) is 16.6 Å². The third-order valence-electron chi connectivity index (χ3n) is 5.63. The van der Waals surface area contributed by atoms with Crippen molar-refractivity contribution in [1.82, 2.24) is 4.57 Å². The summed E-state index contributed by atoms with van der Waals surface area (Å²) in [6.07, 6.45) is -2.73. The predicted molar refractivity (Wildman–Crippen MR) is 107 cm³/mol. The molecule has 5 nitrogen and oxygen atoms in total. The maximum absolute atomic E-state index is 13.7. The molecule has 1 aliphatic heterocycles. The molecule has 0 saturated carbocycles. The number of para-hydroxylation sites is 2. The molecule has 0 radical (unpaired) electrons. The standard InChI is InChI=1S/C22H22F3N3O2/c1-21(2)11-14-18(17(29)12-21)19(16-9-6-10-27(16)3)28(20(30)22(23,24)25)15-8-5-4-7-13(15)26-14/h4-10,19,26H,11-12H2,1-3H3. The molecule has 1 aliphatic carbocycles. The molecule has 1 N–H and O–H groups in total. The number of carbonyl (C=O) groups is 2. The van der Waals surface area contributed by atoms with Gasteiger partial charge in [-0.3, -0.25) is 14.5 Å². The SMILES string of the molecule is Cn1cccc1C1C2=C(CC(C)(C)CC2=O)Nc2ccccc2N1C(=O)C(F)(F)F. The van der Waals surface area contributed by atoms with Crippen molar-refractivity contribution in [2.45, 2.75) is 38.9 Å². The Kier molecular flexibility index (Phi) is 4.56. The van der Waals surface area contributed by atoms with E-state index in [4.69, 9.17) is 0 Å². The van der Waals surface area contributed by atoms with Crippen LogP contribution in [0.15, 0.2) is 53.9 Å². The minimum atomic E-state index is -5.10. The minimum Gasteiger partial charge on any atom is -0.357 e. The lowest BCUT2D eigenvalue weighted by atomic mass is 9.73. The van der Waals surface area contributed by atoms with Crippen LogP contribution < -0.4 is 10.2 Å². The van der Waals surface area contributed by atoms with Gasteiger partial charge in [0.1, 0.15) is 6.04 Å². The normalized spacial score (nSPS) is 20.9. The molecule has 4 rings (SSSR count). The number of hydrogen-bond donors (Lipinski definition) is 1. The van der Waals surface area contributed by atoms with Gasteiger partial charge in [0.05, 0.1) is 11.4 Å². The van der Waals surface area contributed by atoms with Gasteiger partial charge in [0.25, 0.3) is 0 Å². The number of fused-ring (bicyclic) bond motifs is 1. The zero-order valence-corrected chi connectivity index (χ0v) is 16.9. The average molecular weight is 417 g/mol. The average Bonchev–Trinajstić information content (AvgIpc) is 2.98. The van der Waals surface area contributed by atoms with Crippen molar-refractivity contribution in [3.8, 4) is 0 Å². The van der Waals surface area contributed by atoms with E-state index in [0.29, 0.717) is 23.5 Å². The summed E-state index contributed by atoms with van der Waals surface area (Å²) in [5.41, 5.74) is 1.32. The molecule has 1 amide bonds. The summed E-state index contributed by atoms with van der Waals surface area (Å²) < 4.78 is 42.7. The molecule has 1 unspecified atom stereocenters. The fraction of sp³-hybridized carbons (Fsp3) is 0.364. The number of hydrogen-bond acceptors (Lipinski definition) is 3. The van der Waals surface area contributed by atoms with Crippen molar-refractivity contribution in [2.24, 2.45) is 12.5 Å². The summed E-state index contributed by atoms with van der Waals surface area (Å²) in [5, 5.41) is 3.18. The summed E-state index contributed by atoms with van der Waals surface area (Å²) >= 11 is 0. The van der Waals surface area contributed by atoms with Crippen molar-refractivity contribution in [3.63, 3.8) is 0 Å². The van der Waals surface area contributed by atoms with E-state index in [0.717, 1.165) is 4.90 Å². The number of halogens is 3. The van der Waals surface area contributed by atoms with E-state index >= 15 is 0 Å². The zero-order valence-electron chi connectivity index (χ0n) is 16.9. The van der Waals surface area contributed by atoms with Crippen LogP contribution in [0.3, 0.4) is 0 Å². The molecule has 0 fully saturated rings. The summed E-state index contributed by atoms with van der Waals surface area (Å²) in [6, 6.07) is 8.50. The van der Waals surface area contributed by atoms with E-state index in [9.17, 15) is 22.8 Å². The highest BCUT2D eigenvalue weighted by Crippen LogP contribution is 2.49. The van der Waals surface area contributed by atoms with Gasteiger partial charge in [0, 0.05) is 36.6 Å². The molecular formula is C22H22F3N3O2. The van der Waals surface area contributed by atoms with Gasteiger partial charge >= 0.3 is 12.1 Å². The largest absolute Gasteiger partial charge is 0.471 e. The highest BCUT2D eigenvalue weighted by molar-refractivity contribution is 6.07. The van der Waals surface area contributed by atoms with Crippen molar-refractivity contribution < 1.29 is 22.8 Å². The Morgan fingerprint density at radius 3 is 2.47 bits per heavy atom. The van der Waals surface area contributed by atoms with E-state index in [1.54, 1.807) is 48.1 Å². The molecule has 0 spiro atoms. The van der Waals surface area contributed by atoms with E-state index < -0.39 is 18.1 Å². The Bertz CT molecular complexity index is 1070. The highest BCUT2D eigenvalue weighted by Gasteiger charge is 2.50. The van der Waals surface area contributed by atoms with Crippen LogP contribution in [0.2, 0.25) is 0 Å². The van der Waals surface area contributed by atoms with E-state index in [1.165, 1.54) is 6.07 Å². The summed E-state index contributed by atoms with van der Waals surface area (Å²) in [5.74, 6) is -2.26. The number of aromatic nitrogens is 1. The van der Waals surface area contributed by atoms with Gasteiger partial charge in [-0.15, -0.1) is 0 Å². The number of nitrogens with one attached hydrogen (secondary N) is 1. The first kappa shape index (κ1) is 20.3. The number of benzene rings is 1. The summed E-state index contributed by atoms with van der Waals surface area (Å²) in [7, 11) is 1.69. The van der Waals surface area contributed by atoms with Gasteiger partial charge in [0.2, 0.25) is 0 Å². The van der Waals surface area contributed by atoms with Crippen LogP contribution in [0.4, 0.5) is 24.5 Å². The Morgan fingerprint density at radius 1 is 1.13 bits per heavy atom. The molecular weight excluding hydrogens is 395 g/mol. The van der Waals surface area contributed by atoms with Crippen molar-refractivity contribution in [2.75, 3.05) is 10.2 Å². The van der Waals surface area contributed by atoms with Gasteiger partial charge in [-0.05, 0) is 36.1 Å². The molecule has 0 saturated heterocycles. The lowest BCUT2D eigenvalue weighted by Gasteiger charge is -2.37. The smallest absolute Gasteiger partial charge is 0.357 e. The number of nitrogens with zero attached hydrogens (tertiary/aromatic N) is 2. The Hall–Kier alpha value is -3.03. The summed E-state index contributed by atoms with van der Waals surface area (Å²) in [6.45, 7) is 3.90. The van der Waals surface area contributed by atoms with Crippen LogP contribution in [-0.4, -0.2) is 22.4 Å². The van der Waals surface area contributed by atoms with Gasteiger partial charge in [-0.25, -0.2) is 0 Å². The van der Waals surface area contributed by atoms with Crippen molar-refractivity contribution in [3.05, 3.63) is 59.6 Å². The third-order valence-corrected chi connectivity index (χ3v) is 5.63. The fourth-order valence-corrected chi connectivity index (χ4v) is 4.39. The predicted octanol–water partition coefficient (Wildman–Crippen LogP) is 4.73. The zero-order chi connectivity index (χ0) is 21.8. The molecule has 0 bridgehead atoms. The van der Waals surface area contributed by atoms with Crippen LogP contribution in [0, 0.1) is 5.41 Å². The number of aryl methyl sites for hydroxylation is 1. The molecule has 8 heteroatoms. The number of allylic oxidation sites excluding steroid dienone is 1. The van der Waals surface area contributed by atoms with Crippen molar-refractivity contribution in [1.29, 1.82) is 0 Å². The second kappa shape index (κ2) is 6.75.